The summed E-state index contributed by atoms with van der Waals surface area (Å²) in [5, 5.41) is 3.50. The minimum absolute atomic E-state index is 0.526. The third-order valence-corrected chi connectivity index (χ3v) is 3.73. The fourth-order valence-corrected chi connectivity index (χ4v) is 2.69. The average Bonchev–Trinajstić information content (AvgIpc) is 2.98. The van der Waals surface area contributed by atoms with Gasteiger partial charge in [-0.15, -0.1) is 0 Å². The largest absolute Gasteiger partial charge is 0.478 e. The van der Waals surface area contributed by atoms with Crippen LogP contribution < -0.4 is 15.0 Å². The van der Waals surface area contributed by atoms with Gasteiger partial charge in [0.2, 0.25) is 0 Å². The van der Waals surface area contributed by atoms with Gasteiger partial charge in [0, 0.05) is 19.6 Å². The zero-order valence-corrected chi connectivity index (χ0v) is 12.0. The van der Waals surface area contributed by atoms with Gasteiger partial charge in [0.15, 0.2) is 5.82 Å². The van der Waals surface area contributed by atoms with E-state index in [0.717, 1.165) is 29.9 Å². The zero-order chi connectivity index (χ0) is 13.9. The van der Waals surface area contributed by atoms with E-state index < -0.39 is 0 Å². The van der Waals surface area contributed by atoms with Gasteiger partial charge in [-0.1, -0.05) is 12.1 Å². The number of fused-ring (bicyclic) bond motifs is 1. The number of hydrogen-bond donors (Lipinski definition) is 1. The molecule has 20 heavy (non-hydrogen) atoms. The number of ether oxygens (including phenoxy) is 1. The third-order valence-electron chi connectivity index (χ3n) is 3.73. The monoisotopic (exact) mass is 272 g/mol. The van der Waals surface area contributed by atoms with Crippen LogP contribution in [0.3, 0.4) is 0 Å². The van der Waals surface area contributed by atoms with E-state index in [0.29, 0.717) is 11.9 Å². The number of para-hydroxylation sites is 2. The van der Waals surface area contributed by atoms with Crippen molar-refractivity contribution < 1.29 is 4.74 Å². The summed E-state index contributed by atoms with van der Waals surface area (Å²) in [6.45, 7) is 2.03. The molecule has 2 aromatic rings. The third kappa shape index (κ3) is 2.54. The Bertz CT molecular complexity index is 595. The van der Waals surface area contributed by atoms with Crippen LogP contribution in [-0.4, -0.2) is 43.3 Å². The molecule has 0 radical (unpaired) electrons. The Hall–Kier alpha value is -1.88. The molecule has 0 amide bonds. The molecule has 1 fully saturated rings. The van der Waals surface area contributed by atoms with Crippen molar-refractivity contribution in [1.29, 1.82) is 0 Å². The molecule has 5 heteroatoms. The summed E-state index contributed by atoms with van der Waals surface area (Å²) < 4.78 is 5.40. The van der Waals surface area contributed by atoms with Gasteiger partial charge in [0.1, 0.15) is 0 Å². The highest BCUT2D eigenvalue weighted by atomic mass is 16.5. The molecule has 1 aromatic heterocycles. The molecule has 5 nitrogen and oxygen atoms in total. The molecule has 0 spiro atoms. The fraction of sp³-hybridized carbons (Fsp3) is 0.467. The van der Waals surface area contributed by atoms with Gasteiger partial charge in [0.25, 0.3) is 5.88 Å². The van der Waals surface area contributed by atoms with E-state index >= 15 is 0 Å². The van der Waals surface area contributed by atoms with Crippen LogP contribution in [0, 0.1) is 0 Å². The Balaban J connectivity index is 1.91. The number of aromatic nitrogens is 2. The molecular formula is C15H20N4O. The summed E-state index contributed by atoms with van der Waals surface area (Å²) in [5.41, 5.74) is 1.76. The maximum atomic E-state index is 5.40. The number of nitrogens with one attached hydrogen (secondary N) is 1. The second-order valence-electron chi connectivity index (χ2n) is 5.22. The normalized spacial score (nSPS) is 18.4. The molecule has 106 valence electrons. The zero-order valence-electron chi connectivity index (χ0n) is 12.0. The highest BCUT2D eigenvalue weighted by Gasteiger charge is 2.20. The summed E-state index contributed by atoms with van der Waals surface area (Å²) in [7, 11) is 3.69. The first-order valence-corrected chi connectivity index (χ1v) is 7.03. The Morgan fingerprint density at radius 1 is 1.30 bits per heavy atom. The molecule has 2 heterocycles. The number of rotatable bonds is 4. The first-order chi connectivity index (χ1) is 9.78. The predicted octanol–water partition coefficient (Wildman–Crippen LogP) is 1.83. The van der Waals surface area contributed by atoms with Crippen molar-refractivity contribution >= 4 is 16.9 Å². The maximum Gasteiger partial charge on any atom is 0.257 e. The molecule has 1 N–H and O–H groups in total. The van der Waals surface area contributed by atoms with Crippen molar-refractivity contribution in [2.24, 2.45) is 0 Å². The fourth-order valence-electron chi connectivity index (χ4n) is 2.69. The molecule has 0 saturated carbocycles. The van der Waals surface area contributed by atoms with E-state index in [2.05, 4.69) is 15.2 Å². The van der Waals surface area contributed by atoms with Crippen LogP contribution in [0.25, 0.3) is 11.0 Å². The average molecular weight is 272 g/mol. The van der Waals surface area contributed by atoms with Crippen molar-refractivity contribution in [3.63, 3.8) is 0 Å². The Labute approximate surface area is 119 Å². The number of hydrogen-bond acceptors (Lipinski definition) is 5. The Morgan fingerprint density at radius 3 is 2.70 bits per heavy atom. The quantitative estimate of drug-likeness (QED) is 0.920. The van der Waals surface area contributed by atoms with E-state index in [1.165, 1.54) is 12.8 Å². The SMILES string of the molecule is COc1nc2ccccc2nc1N(C)C[C@@H]1CCCN1. The second-order valence-corrected chi connectivity index (χ2v) is 5.22. The van der Waals surface area contributed by atoms with E-state index in [9.17, 15) is 0 Å². The molecular weight excluding hydrogens is 252 g/mol. The lowest BCUT2D eigenvalue weighted by atomic mass is 10.2. The summed E-state index contributed by atoms with van der Waals surface area (Å²) in [6, 6.07) is 8.40. The molecule has 3 rings (SSSR count). The van der Waals surface area contributed by atoms with E-state index in [1.54, 1.807) is 7.11 Å². The van der Waals surface area contributed by atoms with Gasteiger partial charge in [-0.2, -0.15) is 0 Å². The molecule has 1 aromatic carbocycles. The minimum Gasteiger partial charge on any atom is -0.478 e. The molecule has 1 atom stereocenters. The number of methoxy groups -OCH3 is 1. The van der Waals surface area contributed by atoms with E-state index in [1.807, 2.05) is 31.3 Å². The highest BCUT2D eigenvalue weighted by Crippen LogP contribution is 2.26. The van der Waals surface area contributed by atoms with Crippen molar-refractivity contribution in [3.8, 4) is 5.88 Å². The second kappa shape index (κ2) is 5.63. The van der Waals surface area contributed by atoms with Crippen molar-refractivity contribution in [3.05, 3.63) is 24.3 Å². The summed E-state index contributed by atoms with van der Waals surface area (Å²) in [5.74, 6) is 1.39. The van der Waals surface area contributed by atoms with Crippen LogP contribution in [0.1, 0.15) is 12.8 Å². The van der Waals surface area contributed by atoms with Gasteiger partial charge in [-0.25, -0.2) is 9.97 Å². The van der Waals surface area contributed by atoms with Gasteiger partial charge in [-0.3, -0.25) is 0 Å². The van der Waals surface area contributed by atoms with Crippen LogP contribution in [0.4, 0.5) is 5.82 Å². The maximum absolute atomic E-state index is 5.40. The number of anilines is 1. The molecule has 1 aliphatic heterocycles. The Morgan fingerprint density at radius 2 is 2.05 bits per heavy atom. The minimum atomic E-state index is 0.526. The standard InChI is InChI=1S/C15H20N4O/c1-19(10-11-6-5-9-16-11)14-15(20-2)18-13-8-4-3-7-12(13)17-14/h3-4,7-8,11,16H,5-6,9-10H2,1-2H3/t11-/m0/s1. The summed E-state index contributed by atoms with van der Waals surface area (Å²) in [6.07, 6.45) is 2.46. The van der Waals surface area contributed by atoms with Crippen molar-refractivity contribution in [2.45, 2.75) is 18.9 Å². The van der Waals surface area contributed by atoms with Crippen LogP contribution in [-0.2, 0) is 0 Å². The molecule has 1 aliphatic rings. The first kappa shape index (κ1) is 13.1. The molecule has 1 saturated heterocycles. The summed E-state index contributed by atoms with van der Waals surface area (Å²) in [4.78, 5) is 11.4. The lowest BCUT2D eigenvalue weighted by molar-refractivity contribution is 0.397. The molecule has 0 bridgehead atoms. The molecule has 0 aliphatic carbocycles. The van der Waals surface area contributed by atoms with Crippen LogP contribution in [0.5, 0.6) is 5.88 Å². The van der Waals surface area contributed by atoms with Crippen molar-refractivity contribution in [1.82, 2.24) is 15.3 Å². The highest BCUT2D eigenvalue weighted by molar-refractivity contribution is 5.77. The van der Waals surface area contributed by atoms with Crippen LogP contribution in [0.2, 0.25) is 0 Å². The molecule has 0 unspecified atom stereocenters. The van der Waals surface area contributed by atoms with Gasteiger partial charge >= 0.3 is 0 Å². The lowest BCUT2D eigenvalue weighted by Crippen LogP contribution is -2.35. The smallest absolute Gasteiger partial charge is 0.257 e. The van der Waals surface area contributed by atoms with Gasteiger partial charge in [0.05, 0.1) is 18.1 Å². The number of benzene rings is 1. The number of likely N-dealkylation sites (N-methyl/N-ethyl adjacent to an activating group) is 1. The van der Waals surface area contributed by atoms with Crippen molar-refractivity contribution in [2.75, 3.05) is 32.1 Å². The topological polar surface area (TPSA) is 50.3 Å². The van der Waals surface area contributed by atoms with Crippen LogP contribution in [0.15, 0.2) is 24.3 Å². The Kier molecular flexibility index (Phi) is 3.69. The first-order valence-electron chi connectivity index (χ1n) is 7.03. The van der Waals surface area contributed by atoms with Gasteiger partial charge < -0.3 is 15.0 Å². The lowest BCUT2D eigenvalue weighted by Gasteiger charge is -2.23. The number of nitrogens with zero attached hydrogens (tertiary/aromatic N) is 3. The van der Waals surface area contributed by atoms with Gasteiger partial charge in [-0.05, 0) is 31.5 Å². The van der Waals surface area contributed by atoms with E-state index in [-0.39, 0.29) is 0 Å². The predicted molar refractivity (Wildman–Crippen MR) is 80.4 cm³/mol. The van der Waals surface area contributed by atoms with Crippen LogP contribution >= 0.6 is 0 Å². The van der Waals surface area contributed by atoms with E-state index in [4.69, 9.17) is 9.72 Å². The summed E-state index contributed by atoms with van der Waals surface area (Å²) >= 11 is 0.